The summed E-state index contributed by atoms with van der Waals surface area (Å²) in [6, 6.07) is 18.6. The Kier molecular flexibility index (Phi) is 3.49. The maximum absolute atomic E-state index is 5.83. The number of methoxy groups -OCH3 is 1. The molecule has 1 unspecified atom stereocenters. The maximum Gasteiger partial charge on any atom is 0.134 e. The first kappa shape index (κ1) is 12.2. The quantitative estimate of drug-likeness (QED) is 0.914. The van der Waals surface area contributed by atoms with Gasteiger partial charge in [-0.2, -0.15) is 0 Å². The molecule has 3 nitrogen and oxygen atoms in total. The first-order valence-corrected chi connectivity index (χ1v) is 6.43. The van der Waals surface area contributed by atoms with E-state index < -0.39 is 0 Å². The van der Waals surface area contributed by atoms with Gasteiger partial charge < -0.3 is 9.47 Å². The molecule has 1 N–H and O–H groups in total. The van der Waals surface area contributed by atoms with Crippen molar-refractivity contribution in [2.24, 2.45) is 0 Å². The fourth-order valence-electron chi connectivity index (χ4n) is 2.32. The largest absolute Gasteiger partial charge is 0.497 e. The van der Waals surface area contributed by atoms with E-state index in [4.69, 9.17) is 9.47 Å². The monoisotopic (exact) mass is 255 g/mol. The second-order valence-electron chi connectivity index (χ2n) is 4.62. The third kappa shape index (κ3) is 2.62. The first-order chi connectivity index (χ1) is 9.36. The summed E-state index contributed by atoms with van der Waals surface area (Å²) in [6.07, 6.45) is -0.0453. The van der Waals surface area contributed by atoms with Gasteiger partial charge in [0.15, 0.2) is 0 Å². The third-order valence-electron chi connectivity index (χ3n) is 3.40. The zero-order chi connectivity index (χ0) is 13.1. The molecule has 1 saturated heterocycles. The van der Waals surface area contributed by atoms with Crippen LogP contribution < -0.4 is 10.1 Å². The predicted octanol–water partition coefficient (Wildman–Crippen LogP) is 3.05. The number of rotatable bonds is 3. The minimum atomic E-state index is -0.0453. The van der Waals surface area contributed by atoms with E-state index in [0.29, 0.717) is 6.61 Å². The molecule has 1 aliphatic rings. The number of ether oxygens (including phenoxy) is 2. The van der Waals surface area contributed by atoms with E-state index in [0.717, 1.165) is 11.3 Å². The minimum absolute atomic E-state index is 0.0453. The van der Waals surface area contributed by atoms with Crippen LogP contribution in [0.2, 0.25) is 0 Å². The molecule has 0 saturated carbocycles. The summed E-state index contributed by atoms with van der Waals surface area (Å²) in [5.41, 5.74) is 2.39. The lowest BCUT2D eigenvalue weighted by Crippen LogP contribution is -2.18. The fourth-order valence-corrected chi connectivity index (χ4v) is 2.32. The van der Waals surface area contributed by atoms with E-state index in [9.17, 15) is 0 Å². The summed E-state index contributed by atoms with van der Waals surface area (Å²) in [5, 5.41) is 3.50. The third-order valence-corrected chi connectivity index (χ3v) is 3.40. The molecular weight excluding hydrogens is 238 g/mol. The summed E-state index contributed by atoms with van der Waals surface area (Å²) in [6.45, 7) is 0.695. The summed E-state index contributed by atoms with van der Waals surface area (Å²) in [5.74, 6) is 0.862. The number of nitrogens with one attached hydrogen (secondary N) is 1. The van der Waals surface area contributed by atoms with Crippen molar-refractivity contribution in [3.8, 4) is 5.75 Å². The van der Waals surface area contributed by atoms with E-state index >= 15 is 0 Å². The second kappa shape index (κ2) is 5.43. The summed E-state index contributed by atoms with van der Waals surface area (Å²) < 4.78 is 11.0. The normalized spacial score (nSPS) is 22.4. The van der Waals surface area contributed by atoms with E-state index in [1.807, 2.05) is 30.3 Å². The van der Waals surface area contributed by atoms with E-state index in [-0.39, 0.29) is 12.3 Å². The zero-order valence-electron chi connectivity index (χ0n) is 10.9. The van der Waals surface area contributed by atoms with Crippen molar-refractivity contribution in [3.05, 3.63) is 65.7 Å². The molecule has 0 spiro atoms. The van der Waals surface area contributed by atoms with Crippen molar-refractivity contribution < 1.29 is 9.47 Å². The molecule has 2 aromatic rings. The molecule has 0 aliphatic carbocycles. The van der Waals surface area contributed by atoms with Gasteiger partial charge in [-0.25, -0.2) is 0 Å². The van der Waals surface area contributed by atoms with Crippen molar-refractivity contribution >= 4 is 0 Å². The van der Waals surface area contributed by atoms with Gasteiger partial charge in [0.05, 0.1) is 19.8 Å². The standard InChI is InChI=1S/C16H17NO2/c1-18-14-9-7-13(8-10-14)16-17-15(11-19-16)12-5-3-2-4-6-12/h2-10,15-17H,11H2,1H3/t15-,16?/m0/s1. The molecule has 0 bridgehead atoms. The Bertz CT molecular complexity index is 524. The highest BCUT2D eigenvalue weighted by Gasteiger charge is 2.26. The van der Waals surface area contributed by atoms with Gasteiger partial charge in [-0.05, 0) is 23.3 Å². The van der Waals surface area contributed by atoms with Crippen molar-refractivity contribution in [1.82, 2.24) is 5.32 Å². The van der Waals surface area contributed by atoms with Gasteiger partial charge in [-0.15, -0.1) is 0 Å². The van der Waals surface area contributed by atoms with E-state index in [2.05, 4.69) is 29.6 Å². The van der Waals surface area contributed by atoms with E-state index in [1.165, 1.54) is 5.56 Å². The average molecular weight is 255 g/mol. The highest BCUT2D eigenvalue weighted by atomic mass is 16.5. The lowest BCUT2D eigenvalue weighted by Gasteiger charge is -2.13. The lowest BCUT2D eigenvalue weighted by molar-refractivity contribution is 0.101. The Hall–Kier alpha value is -1.84. The van der Waals surface area contributed by atoms with Crippen LogP contribution >= 0.6 is 0 Å². The molecule has 2 atom stereocenters. The van der Waals surface area contributed by atoms with Crippen LogP contribution in [0.5, 0.6) is 5.75 Å². The molecule has 3 heteroatoms. The van der Waals surface area contributed by atoms with Gasteiger partial charge in [-0.3, -0.25) is 5.32 Å². The average Bonchev–Trinajstić information content (AvgIpc) is 2.98. The van der Waals surface area contributed by atoms with Crippen LogP contribution in [0.4, 0.5) is 0 Å². The molecular formula is C16H17NO2. The summed E-state index contributed by atoms with van der Waals surface area (Å²) in [7, 11) is 1.67. The number of hydrogen-bond donors (Lipinski definition) is 1. The molecule has 1 fully saturated rings. The van der Waals surface area contributed by atoms with Crippen LogP contribution in [-0.4, -0.2) is 13.7 Å². The Morgan fingerprint density at radius 2 is 1.74 bits per heavy atom. The second-order valence-corrected chi connectivity index (χ2v) is 4.62. The molecule has 19 heavy (non-hydrogen) atoms. The first-order valence-electron chi connectivity index (χ1n) is 6.43. The van der Waals surface area contributed by atoms with Crippen LogP contribution in [0, 0.1) is 0 Å². The van der Waals surface area contributed by atoms with Gasteiger partial charge in [0.1, 0.15) is 12.0 Å². The van der Waals surface area contributed by atoms with Crippen LogP contribution in [0.1, 0.15) is 23.4 Å². The Balaban J connectivity index is 1.71. The van der Waals surface area contributed by atoms with Crippen molar-refractivity contribution in [2.45, 2.75) is 12.3 Å². The molecule has 3 rings (SSSR count). The highest BCUT2D eigenvalue weighted by Crippen LogP contribution is 2.29. The zero-order valence-corrected chi connectivity index (χ0v) is 10.9. The summed E-state index contributed by atoms with van der Waals surface area (Å²) >= 11 is 0. The van der Waals surface area contributed by atoms with Gasteiger partial charge in [0.2, 0.25) is 0 Å². The number of hydrogen-bond acceptors (Lipinski definition) is 3. The molecule has 2 aromatic carbocycles. The molecule has 0 aromatic heterocycles. The van der Waals surface area contributed by atoms with Crippen LogP contribution in [-0.2, 0) is 4.74 Å². The van der Waals surface area contributed by atoms with Gasteiger partial charge in [-0.1, -0.05) is 42.5 Å². The highest BCUT2D eigenvalue weighted by molar-refractivity contribution is 5.29. The van der Waals surface area contributed by atoms with Crippen LogP contribution in [0.15, 0.2) is 54.6 Å². The Morgan fingerprint density at radius 3 is 2.42 bits per heavy atom. The van der Waals surface area contributed by atoms with Crippen molar-refractivity contribution in [1.29, 1.82) is 0 Å². The maximum atomic E-state index is 5.83. The fraction of sp³-hybridized carbons (Fsp3) is 0.250. The van der Waals surface area contributed by atoms with Gasteiger partial charge in [0, 0.05) is 0 Å². The molecule has 1 aliphatic heterocycles. The molecule has 0 amide bonds. The van der Waals surface area contributed by atoms with Crippen LogP contribution in [0.25, 0.3) is 0 Å². The molecule has 1 heterocycles. The van der Waals surface area contributed by atoms with Crippen LogP contribution in [0.3, 0.4) is 0 Å². The summed E-state index contributed by atoms with van der Waals surface area (Å²) in [4.78, 5) is 0. The smallest absolute Gasteiger partial charge is 0.134 e. The van der Waals surface area contributed by atoms with Gasteiger partial charge >= 0.3 is 0 Å². The van der Waals surface area contributed by atoms with E-state index in [1.54, 1.807) is 7.11 Å². The topological polar surface area (TPSA) is 30.5 Å². The molecule has 98 valence electrons. The lowest BCUT2D eigenvalue weighted by atomic mass is 10.1. The SMILES string of the molecule is COc1ccc(C2N[C@H](c3ccccc3)CO2)cc1. The molecule has 0 radical (unpaired) electrons. The number of benzene rings is 2. The Labute approximate surface area is 113 Å². The van der Waals surface area contributed by atoms with Crippen molar-refractivity contribution in [3.63, 3.8) is 0 Å². The Morgan fingerprint density at radius 1 is 1.00 bits per heavy atom. The predicted molar refractivity (Wildman–Crippen MR) is 74.0 cm³/mol. The van der Waals surface area contributed by atoms with Crippen molar-refractivity contribution in [2.75, 3.05) is 13.7 Å². The van der Waals surface area contributed by atoms with Gasteiger partial charge in [0.25, 0.3) is 0 Å². The minimum Gasteiger partial charge on any atom is -0.497 e.